The molecule has 0 spiro atoms. The van der Waals surface area contributed by atoms with Crippen molar-refractivity contribution >= 4 is 39.6 Å². The summed E-state index contributed by atoms with van der Waals surface area (Å²) in [4.78, 5) is 46.4. The number of carbonyl (C=O) groups is 4. The molecular formula is C16H13BrN2O6. The molecule has 0 fully saturated rings. The Morgan fingerprint density at radius 2 is 1.88 bits per heavy atom. The Labute approximate surface area is 150 Å². The standard InChI is InChI=1S/C16H13BrN2O6/c17-11-4-1-3-10(7-11)15(22)18-8-14(21)25-9-13(20)19-16(23)12-5-2-6-24-12/h1-7H,8-9H2,(H,18,22)(H,19,20,23). The summed E-state index contributed by atoms with van der Waals surface area (Å²) in [6.07, 6.45) is 1.29. The van der Waals surface area contributed by atoms with Crippen LogP contribution < -0.4 is 10.6 Å². The molecule has 8 nitrogen and oxygen atoms in total. The SMILES string of the molecule is O=C(COC(=O)CNC(=O)c1cccc(Br)c1)NC(=O)c1ccco1. The van der Waals surface area contributed by atoms with Gasteiger partial charge in [-0.15, -0.1) is 0 Å². The molecule has 130 valence electrons. The van der Waals surface area contributed by atoms with Crippen molar-refractivity contribution in [1.82, 2.24) is 10.6 Å². The molecule has 1 aromatic carbocycles. The number of nitrogens with one attached hydrogen (secondary N) is 2. The number of hydrogen-bond acceptors (Lipinski definition) is 6. The van der Waals surface area contributed by atoms with Gasteiger partial charge in [-0.05, 0) is 30.3 Å². The maximum absolute atomic E-state index is 11.8. The first-order chi connectivity index (χ1) is 12.0. The number of carbonyl (C=O) groups excluding carboxylic acids is 4. The molecule has 25 heavy (non-hydrogen) atoms. The molecular weight excluding hydrogens is 396 g/mol. The van der Waals surface area contributed by atoms with E-state index in [1.54, 1.807) is 24.3 Å². The van der Waals surface area contributed by atoms with E-state index < -0.39 is 36.8 Å². The summed E-state index contributed by atoms with van der Waals surface area (Å²) in [5.41, 5.74) is 0.365. The molecule has 0 saturated carbocycles. The lowest BCUT2D eigenvalue weighted by Gasteiger charge is -2.07. The highest BCUT2D eigenvalue weighted by Gasteiger charge is 2.15. The van der Waals surface area contributed by atoms with E-state index >= 15 is 0 Å². The summed E-state index contributed by atoms with van der Waals surface area (Å²) in [6, 6.07) is 9.48. The topological polar surface area (TPSA) is 115 Å². The molecule has 2 rings (SSSR count). The maximum atomic E-state index is 11.8. The van der Waals surface area contributed by atoms with Crippen molar-refractivity contribution in [2.24, 2.45) is 0 Å². The Kier molecular flexibility index (Phi) is 6.47. The van der Waals surface area contributed by atoms with Gasteiger partial charge in [0.25, 0.3) is 17.7 Å². The largest absolute Gasteiger partial charge is 0.459 e. The second-order valence-electron chi connectivity index (χ2n) is 4.71. The summed E-state index contributed by atoms with van der Waals surface area (Å²) in [6.45, 7) is -1.07. The van der Waals surface area contributed by atoms with Crippen LogP contribution >= 0.6 is 15.9 Å². The fourth-order valence-corrected chi connectivity index (χ4v) is 2.11. The van der Waals surface area contributed by atoms with Crippen LogP contribution in [0.3, 0.4) is 0 Å². The van der Waals surface area contributed by atoms with Gasteiger partial charge in [-0.1, -0.05) is 22.0 Å². The quantitative estimate of drug-likeness (QED) is 0.695. The third-order valence-corrected chi connectivity index (χ3v) is 3.34. The number of esters is 1. The van der Waals surface area contributed by atoms with E-state index in [-0.39, 0.29) is 5.76 Å². The van der Waals surface area contributed by atoms with Gasteiger partial charge in [0.05, 0.1) is 6.26 Å². The van der Waals surface area contributed by atoms with Gasteiger partial charge >= 0.3 is 5.97 Å². The predicted molar refractivity (Wildman–Crippen MR) is 88.6 cm³/mol. The van der Waals surface area contributed by atoms with Gasteiger partial charge in [-0.25, -0.2) is 0 Å². The minimum Gasteiger partial charge on any atom is -0.459 e. The first-order valence-corrected chi connectivity index (χ1v) is 7.82. The van der Waals surface area contributed by atoms with E-state index in [2.05, 4.69) is 26.0 Å². The molecule has 0 radical (unpaired) electrons. The fraction of sp³-hybridized carbons (Fsp3) is 0.125. The first-order valence-electron chi connectivity index (χ1n) is 7.03. The molecule has 0 bridgehead atoms. The highest BCUT2D eigenvalue weighted by Crippen LogP contribution is 2.11. The van der Waals surface area contributed by atoms with E-state index in [1.165, 1.54) is 18.4 Å². The Balaban J connectivity index is 1.70. The Hall–Kier alpha value is -2.94. The highest BCUT2D eigenvalue weighted by molar-refractivity contribution is 9.10. The average Bonchev–Trinajstić information content (AvgIpc) is 3.12. The second-order valence-corrected chi connectivity index (χ2v) is 5.62. The lowest BCUT2D eigenvalue weighted by atomic mass is 10.2. The van der Waals surface area contributed by atoms with Gasteiger partial charge in [-0.2, -0.15) is 0 Å². The summed E-state index contributed by atoms with van der Waals surface area (Å²) in [5.74, 6) is -2.87. The van der Waals surface area contributed by atoms with E-state index in [4.69, 9.17) is 4.42 Å². The molecule has 0 aliphatic heterocycles. The van der Waals surface area contributed by atoms with Crippen molar-refractivity contribution in [3.05, 3.63) is 58.5 Å². The summed E-state index contributed by atoms with van der Waals surface area (Å²) in [7, 11) is 0. The highest BCUT2D eigenvalue weighted by atomic mass is 79.9. The van der Waals surface area contributed by atoms with Crippen LogP contribution in [0.5, 0.6) is 0 Å². The average molecular weight is 409 g/mol. The molecule has 9 heteroatoms. The van der Waals surface area contributed by atoms with Gasteiger partial charge in [0.15, 0.2) is 12.4 Å². The van der Waals surface area contributed by atoms with Gasteiger partial charge in [0, 0.05) is 10.0 Å². The molecule has 3 amide bonds. The molecule has 1 heterocycles. The van der Waals surface area contributed by atoms with E-state index in [1.807, 2.05) is 5.32 Å². The normalized spacial score (nSPS) is 9.96. The van der Waals surface area contributed by atoms with Crippen LogP contribution in [0.4, 0.5) is 0 Å². The molecule has 0 aliphatic rings. The zero-order chi connectivity index (χ0) is 18.2. The zero-order valence-corrected chi connectivity index (χ0v) is 14.4. The number of imide groups is 1. The number of benzene rings is 1. The Morgan fingerprint density at radius 3 is 2.56 bits per heavy atom. The van der Waals surface area contributed by atoms with Crippen molar-refractivity contribution in [1.29, 1.82) is 0 Å². The predicted octanol–water partition coefficient (Wildman–Crippen LogP) is 1.27. The van der Waals surface area contributed by atoms with Crippen LogP contribution in [0, 0.1) is 0 Å². The minimum absolute atomic E-state index is 0.0408. The van der Waals surface area contributed by atoms with Crippen LogP contribution in [0.25, 0.3) is 0 Å². The number of amides is 3. The number of ether oxygens (including phenoxy) is 1. The lowest BCUT2D eigenvalue weighted by molar-refractivity contribution is -0.147. The summed E-state index contributed by atoms with van der Waals surface area (Å²) >= 11 is 3.23. The van der Waals surface area contributed by atoms with Crippen LogP contribution in [0.15, 0.2) is 51.6 Å². The third-order valence-electron chi connectivity index (χ3n) is 2.84. The van der Waals surface area contributed by atoms with Crippen molar-refractivity contribution in [2.45, 2.75) is 0 Å². The van der Waals surface area contributed by atoms with Gasteiger partial charge < -0.3 is 14.5 Å². The molecule has 0 unspecified atom stereocenters. The van der Waals surface area contributed by atoms with E-state index in [9.17, 15) is 19.2 Å². The third kappa shape index (κ3) is 5.88. The fourth-order valence-electron chi connectivity index (χ4n) is 1.71. The lowest BCUT2D eigenvalue weighted by Crippen LogP contribution is -2.36. The smallest absolute Gasteiger partial charge is 0.325 e. The number of rotatable bonds is 6. The van der Waals surface area contributed by atoms with Crippen LogP contribution in [0.1, 0.15) is 20.9 Å². The minimum atomic E-state index is -0.816. The monoisotopic (exact) mass is 408 g/mol. The second kappa shape index (κ2) is 8.78. The zero-order valence-electron chi connectivity index (χ0n) is 12.8. The van der Waals surface area contributed by atoms with Crippen LogP contribution in [-0.4, -0.2) is 36.8 Å². The Morgan fingerprint density at radius 1 is 1.08 bits per heavy atom. The van der Waals surface area contributed by atoms with E-state index in [0.29, 0.717) is 5.56 Å². The van der Waals surface area contributed by atoms with Crippen molar-refractivity contribution < 1.29 is 28.3 Å². The number of furan rings is 1. The molecule has 2 N–H and O–H groups in total. The van der Waals surface area contributed by atoms with E-state index in [0.717, 1.165) is 4.47 Å². The molecule has 2 aromatic rings. The van der Waals surface area contributed by atoms with Gasteiger partial charge in [0.1, 0.15) is 6.54 Å². The molecule has 0 saturated heterocycles. The van der Waals surface area contributed by atoms with Crippen molar-refractivity contribution in [2.75, 3.05) is 13.2 Å². The van der Waals surface area contributed by atoms with Crippen molar-refractivity contribution in [3.63, 3.8) is 0 Å². The Bertz CT molecular complexity index is 788. The summed E-state index contributed by atoms with van der Waals surface area (Å²) in [5, 5.41) is 4.36. The first kappa shape index (κ1) is 18.4. The number of halogens is 1. The summed E-state index contributed by atoms with van der Waals surface area (Å²) < 4.78 is 10.2. The van der Waals surface area contributed by atoms with Crippen molar-refractivity contribution in [3.8, 4) is 0 Å². The van der Waals surface area contributed by atoms with Crippen LogP contribution in [-0.2, 0) is 14.3 Å². The molecule has 1 aromatic heterocycles. The number of hydrogen-bond donors (Lipinski definition) is 2. The molecule has 0 aliphatic carbocycles. The van der Waals surface area contributed by atoms with Gasteiger partial charge in [-0.3, -0.25) is 24.5 Å². The van der Waals surface area contributed by atoms with Gasteiger partial charge in [0.2, 0.25) is 0 Å². The maximum Gasteiger partial charge on any atom is 0.325 e. The molecule has 0 atom stereocenters. The van der Waals surface area contributed by atoms with Crippen LogP contribution in [0.2, 0.25) is 0 Å².